The van der Waals surface area contributed by atoms with Crippen molar-refractivity contribution in [3.8, 4) is 0 Å². The third-order valence-corrected chi connectivity index (χ3v) is 3.93. The number of rotatable bonds is 3. The molecule has 2 aromatic rings. The molecule has 0 spiro atoms. The van der Waals surface area contributed by atoms with Crippen molar-refractivity contribution in [3.05, 3.63) is 36.3 Å². The summed E-state index contributed by atoms with van der Waals surface area (Å²) < 4.78 is 1.89. The maximum absolute atomic E-state index is 12.6. The molecule has 3 heterocycles. The molecule has 1 atom stereocenters. The van der Waals surface area contributed by atoms with Crippen LogP contribution in [0.15, 0.2) is 30.7 Å². The second kappa shape index (κ2) is 5.63. The summed E-state index contributed by atoms with van der Waals surface area (Å²) in [4.78, 5) is 18.8. The number of carbonyl (C=O) groups excluding carboxylic acids is 1. The molecule has 1 aliphatic heterocycles. The van der Waals surface area contributed by atoms with Gasteiger partial charge in [-0.2, -0.15) is 0 Å². The minimum atomic E-state index is 0.126. The Bertz CT molecular complexity index is 605. The normalized spacial score (nSPS) is 19.4. The quantitative estimate of drug-likeness (QED) is 0.919. The molecular formula is C15H20N4O. The number of carbonyl (C=O) groups is 1. The fourth-order valence-electron chi connectivity index (χ4n) is 2.93. The number of nitrogens with zero attached hydrogens (tertiary/aromatic N) is 3. The average molecular weight is 272 g/mol. The molecule has 1 amide bonds. The molecule has 5 nitrogen and oxygen atoms in total. The molecule has 5 heteroatoms. The van der Waals surface area contributed by atoms with E-state index in [0.717, 1.165) is 37.3 Å². The van der Waals surface area contributed by atoms with Crippen molar-refractivity contribution in [2.75, 3.05) is 26.7 Å². The largest absolute Gasteiger partial charge is 0.338 e. The monoisotopic (exact) mass is 272 g/mol. The molecule has 0 radical (unpaired) electrons. The van der Waals surface area contributed by atoms with Crippen LogP contribution in [0.5, 0.6) is 0 Å². The van der Waals surface area contributed by atoms with Crippen LogP contribution >= 0.6 is 0 Å². The van der Waals surface area contributed by atoms with Gasteiger partial charge in [0.05, 0.1) is 5.56 Å². The van der Waals surface area contributed by atoms with Gasteiger partial charge in [0.2, 0.25) is 0 Å². The molecule has 0 unspecified atom stereocenters. The summed E-state index contributed by atoms with van der Waals surface area (Å²) in [6.45, 7) is 2.69. The lowest BCUT2D eigenvalue weighted by atomic mass is 9.97. The van der Waals surface area contributed by atoms with E-state index in [1.54, 1.807) is 6.20 Å². The van der Waals surface area contributed by atoms with Crippen molar-refractivity contribution in [2.24, 2.45) is 5.92 Å². The maximum atomic E-state index is 12.6. The first-order chi connectivity index (χ1) is 9.78. The van der Waals surface area contributed by atoms with Crippen LogP contribution in [0.25, 0.3) is 5.65 Å². The van der Waals surface area contributed by atoms with Crippen molar-refractivity contribution < 1.29 is 4.79 Å². The summed E-state index contributed by atoms with van der Waals surface area (Å²) in [5.74, 6) is 0.691. The van der Waals surface area contributed by atoms with Gasteiger partial charge in [0.15, 0.2) is 0 Å². The number of likely N-dealkylation sites (tertiary alicyclic amines) is 1. The molecule has 1 N–H and O–H groups in total. The Hall–Kier alpha value is -1.88. The Balaban J connectivity index is 1.77. The molecule has 1 aliphatic rings. The summed E-state index contributed by atoms with van der Waals surface area (Å²) >= 11 is 0. The first-order valence-corrected chi connectivity index (χ1v) is 7.14. The summed E-state index contributed by atoms with van der Waals surface area (Å²) in [5, 5.41) is 3.21. The van der Waals surface area contributed by atoms with E-state index in [1.807, 2.05) is 40.9 Å². The lowest BCUT2D eigenvalue weighted by Crippen LogP contribution is -2.42. The van der Waals surface area contributed by atoms with E-state index in [-0.39, 0.29) is 5.91 Å². The molecule has 2 aromatic heterocycles. The minimum Gasteiger partial charge on any atom is -0.338 e. The topological polar surface area (TPSA) is 49.6 Å². The van der Waals surface area contributed by atoms with Gasteiger partial charge in [-0.3, -0.25) is 4.79 Å². The molecule has 1 saturated heterocycles. The smallest absolute Gasteiger partial charge is 0.255 e. The van der Waals surface area contributed by atoms with Crippen molar-refractivity contribution in [1.29, 1.82) is 0 Å². The minimum absolute atomic E-state index is 0.126. The standard InChI is InChI=1S/C15H20N4O/c1-16-9-12-3-2-7-19(10-12)15(20)13-4-5-14-17-6-8-18(14)11-13/h4-6,8,11-12,16H,2-3,7,9-10H2,1H3/t12-/m0/s1. The lowest BCUT2D eigenvalue weighted by molar-refractivity contribution is 0.0674. The second-order valence-corrected chi connectivity index (χ2v) is 5.43. The Labute approximate surface area is 118 Å². The summed E-state index contributed by atoms with van der Waals surface area (Å²) in [5.41, 5.74) is 1.61. The van der Waals surface area contributed by atoms with E-state index in [9.17, 15) is 4.79 Å². The molecule has 0 saturated carbocycles. The van der Waals surface area contributed by atoms with Crippen LogP contribution in [0.4, 0.5) is 0 Å². The van der Waals surface area contributed by atoms with Crippen LogP contribution in [0, 0.1) is 5.92 Å². The van der Waals surface area contributed by atoms with Crippen LogP contribution in [-0.4, -0.2) is 46.9 Å². The Kier molecular flexibility index (Phi) is 3.69. The Morgan fingerprint density at radius 1 is 1.50 bits per heavy atom. The fraction of sp³-hybridized carbons (Fsp3) is 0.467. The van der Waals surface area contributed by atoms with Gasteiger partial charge in [-0.1, -0.05) is 0 Å². The molecule has 20 heavy (non-hydrogen) atoms. The van der Waals surface area contributed by atoms with Crippen LogP contribution < -0.4 is 5.32 Å². The molecule has 0 bridgehead atoms. The fourth-order valence-corrected chi connectivity index (χ4v) is 2.93. The summed E-state index contributed by atoms with van der Waals surface area (Å²) in [6, 6.07) is 3.76. The van der Waals surface area contributed by atoms with Crippen molar-refractivity contribution in [1.82, 2.24) is 19.6 Å². The highest BCUT2D eigenvalue weighted by Gasteiger charge is 2.24. The zero-order valence-electron chi connectivity index (χ0n) is 11.7. The molecule has 1 fully saturated rings. The lowest BCUT2D eigenvalue weighted by Gasteiger charge is -2.32. The number of piperidine rings is 1. The summed E-state index contributed by atoms with van der Waals surface area (Å²) in [6.07, 6.45) is 7.77. The predicted octanol–water partition coefficient (Wildman–Crippen LogP) is 1.41. The SMILES string of the molecule is CNC[C@@H]1CCCN(C(=O)c2ccc3nccn3c2)C1. The van der Waals surface area contributed by atoms with Gasteiger partial charge in [0.1, 0.15) is 5.65 Å². The van der Waals surface area contributed by atoms with E-state index in [1.165, 1.54) is 6.42 Å². The van der Waals surface area contributed by atoms with Gasteiger partial charge in [-0.25, -0.2) is 4.98 Å². The number of fused-ring (bicyclic) bond motifs is 1. The van der Waals surface area contributed by atoms with Crippen LogP contribution in [-0.2, 0) is 0 Å². The third kappa shape index (κ3) is 2.54. The van der Waals surface area contributed by atoms with Gasteiger partial charge < -0.3 is 14.6 Å². The van der Waals surface area contributed by atoms with Crippen molar-refractivity contribution >= 4 is 11.6 Å². The molecular weight excluding hydrogens is 252 g/mol. The Morgan fingerprint density at radius 3 is 3.25 bits per heavy atom. The van der Waals surface area contributed by atoms with Crippen LogP contribution in [0.2, 0.25) is 0 Å². The van der Waals surface area contributed by atoms with Crippen LogP contribution in [0.1, 0.15) is 23.2 Å². The number of pyridine rings is 1. The first-order valence-electron chi connectivity index (χ1n) is 7.14. The second-order valence-electron chi connectivity index (χ2n) is 5.43. The van der Waals surface area contributed by atoms with Gasteiger partial charge in [-0.15, -0.1) is 0 Å². The van der Waals surface area contributed by atoms with E-state index in [0.29, 0.717) is 5.92 Å². The zero-order valence-corrected chi connectivity index (χ0v) is 11.7. The highest BCUT2D eigenvalue weighted by molar-refractivity contribution is 5.94. The van der Waals surface area contributed by atoms with Crippen molar-refractivity contribution in [2.45, 2.75) is 12.8 Å². The predicted molar refractivity (Wildman–Crippen MR) is 77.7 cm³/mol. The highest BCUT2D eigenvalue weighted by atomic mass is 16.2. The molecule has 0 aromatic carbocycles. The Morgan fingerprint density at radius 2 is 2.40 bits per heavy atom. The molecule has 106 valence electrons. The average Bonchev–Trinajstić information content (AvgIpc) is 2.94. The van der Waals surface area contributed by atoms with Crippen molar-refractivity contribution in [3.63, 3.8) is 0 Å². The van der Waals surface area contributed by atoms with E-state index >= 15 is 0 Å². The van der Waals surface area contributed by atoms with E-state index in [4.69, 9.17) is 0 Å². The number of hydrogen-bond donors (Lipinski definition) is 1. The zero-order chi connectivity index (χ0) is 13.9. The van der Waals surface area contributed by atoms with Gasteiger partial charge in [0.25, 0.3) is 5.91 Å². The first kappa shape index (κ1) is 13.1. The van der Waals surface area contributed by atoms with E-state index in [2.05, 4.69) is 10.3 Å². The van der Waals surface area contributed by atoms with Gasteiger partial charge >= 0.3 is 0 Å². The number of imidazole rings is 1. The van der Waals surface area contributed by atoms with Gasteiger partial charge in [-0.05, 0) is 44.5 Å². The highest BCUT2D eigenvalue weighted by Crippen LogP contribution is 2.18. The number of nitrogens with one attached hydrogen (secondary N) is 1. The third-order valence-electron chi connectivity index (χ3n) is 3.93. The van der Waals surface area contributed by atoms with Crippen LogP contribution in [0.3, 0.4) is 0 Å². The van der Waals surface area contributed by atoms with E-state index < -0.39 is 0 Å². The number of amides is 1. The molecule has 3 rings (SSSR count). The number of hydrogen-bond acceptors (Lipinski definition) is 3. The number of aromatic nitrogens is 2. The molecule has 0 aliphatic carbocycles. The summed E-state index contributed by atoms with van der Waals surface area (Å²) in [7, 11) is 1.97. The van der Waals surface area contributed by atoms with Gasteiger partial charge in [0, 0.05) is 31.7 Å². The maximum Gasteiger partial charge on any atom is 0.255 e.